The highest BCUT2D eigenvalue weighted by molar-refractivity contribution is 7.22. The Hall–Kier alpha value is -2.46. The topological polar surface area (TPSA) is 66.5 Å². The zero-order chi connectivity index (χ0) is 15.1. The molecule has 2 aliphatic rings. The van der Waals surface area contributed by atoms with E-state index in [4.69, 9.17) is 4.74 Å². The maximum atomic E-state index is 12.1. The smallest absolute Gasteiger partial charge is 0.324 e. The molecule has 1 atom stereocenters. The zero-order valence-electron chi connectivity index (χ0n) is 12.0. The number of carbonyl (C=O) groups is 1. The SMILES string of the molecule is CC#CC1CNC(=O)N1c1nc2c3c(ccc2s1)OCCN3. The van der Waals surface area contributed by atoms with Gasteiger partial charge in [0.2, 0.25) is 0 Å². The van der Waals surface area contributed by atoms with Crippen LogP contribution in [-0.4, -0.2) is 36.8 Å². The molecule has 1 unspecified atom stereocenters. The van der Waals surface area contributed by atoms with Gasteiger partial charge in [-0.25, -0.2) is 9.78 Å². The lowest BCUT2D eigenvalue weighted by atomic mass is 10.2. The van der Waals surface area contributed by atoms with Crippen LogP contribution in [0.4, 0.5) is 15.6 Å². The van der Waals surface area contributed by atoms with Crippen LogP contribution in [0.5, 0.6) is 5.75 Å². The zero-order valence-corrected chi connectivity index (χ0v) is 12.8. The van der Waals surface area contributed by atoms with Gasteiger partial charge < -0.3 is 15.4 Å². The molecule has 2 aliphatic heterocycles. The van der Waals surface area contributed by atoms with E-state index in [2.05, 4.69) is 27.5 Å². The quantitative estimate of drug-likeness (QED) is 0.790. The van der Waals surface area contributed by atoms with Gasteiger partial charge in [-0.15, -0.1) is 5.92 Å². The molecule has 1 saturated heterocycles. The van der Waals surface area contributed by atoms with E-state index in [1.165, 1.54) is 11.3 Å². The lowest BCUT2D eigenvalue weighted by Crippen LogP contribution is -2.33. The van der Waals surface area contributed by atoms with E-state index >= 15 is 0 Å². The van der Waals surface area contributed by atoms with Crippen LogP contribution in [0, 0.1) is 11.8 Å². The number of nitrogens with zero attached hydrogens (tertiary/aromatic N) is 2. The Morgan fingerprint density at radius 3 is 3.23 bits per heavy atom. The number of urea groups is 1. The van der Waals surface area contributed by atoms with Crippen LogP contribution < -0.4 is 20.3 Å². The molecule has 22 heavy (non-hydrogen) atoms. The number of hydrogen-bond donors (Lipinski definition) is 2. The van der Waals surface area contributed by atoms with Gasteiger partial charge in [0, 0.05) is 6.54 Å². The minimum Gasteiger partial charge on any atom is -0.490 e. The lowest BCUT2D eigenvalue weighted by Gasteiger charge is -2.19. The molecule has 1 aromatic heterocycles. The summed E-state index contributed by atoms with van der Waals surface area (Å²) in [4.78, 5) is 18.4. The van der Waals surface area contributed by atoms with Crippen molar-refractivity contribution < 1.29 is 9.53 Å². The highest BCUT2D eigenvalue weighted by atomic mass is 32.1. The van der Waals surface area contributed by atoms with E-state index in [0.717, 1.165) is 28.2 Å². The van der Waals surface area contributed by atoms with Gasteiger partial charge >= 0.3 is 6.03 Å². The van der Waals surface area contributed by atoms with Crippen molar-refractivity contribution in [3.63, 3.8) is 0 Å². The Bertz CT molecular complexity index is 820. The Kier molecular flexibility index (Phi) is 3.05. The van der Waals surface area contributed by atoms with Crippen LogP contribution in [0.1, 0.15) is 6.92 Å². The van der Waals surface area contributed by atoms with Crippen LogP contribution in [0.3, 0.4) is 0 Å². The number of hydrogen-bond acceptors (Lipinski definition) is 5. The van der Waals surface area contributed by atoms with E-state index < -0.39 is 0 Å². The Morgan fingerprint density at radius 2 is 2.36 bits per heavy atom. The molecule has 1 aromatic carbocycles. The Morgan fingerprint density at radius 1 is 1.45 bits per heavy atom. The number of fused-ring (bicyclic) bond motifs is 3. The molecule has 2 aromatic rings. The first-order valence-corrected chi connectivity index (χ1v) is 7.89. The number of ether oxygens (including phenoxy) is 1. The summed E-state index contributed by atoms with van der Waals surface area (Å²) in [6.45, 7) is 3.71. The predicted octanol–water partition coefficient (Wildman–Crippen LogP) is 2.02. The molecule has 0 radical (unpaired) electrons. The average Bonchev–Trinajstić information content (AvgIpc) is 3.11. The normalized spacial score (nSPS) is 19.8. The van der Waals surface area contributed by atoms with Crippen LogP contribution in [0.2, 0.25) is 0 Å². The molecule has 6 nitrogen and oxygen atoms in total. The molecule has 7 heteroatoms. The Balaban J connectivity index is 1.82. The summed E-state index contributed by atoms with van der Waals surface area (Å²) >= 11 is 1.49. The third kappa shape index (κ3) is 1.96. The second-order valence-electron chi connectivity index (χ2n) is 5.02. The van der Waals surface area contributed by atoms with E-state index in [9.17, 15) is 4.79 Å². The van der Waals surface area contributed by atoms with Gasteiger partial charge in [0.25, 0.3) is 0 Å². The van der Waals surface area contributed by atoms with Crippen LogP contribution in [-0.2, 0) is 0 Å². The fourth-order valence-electron chi connectivity index (χ4n) is 2.70. The van der Waals surface area contributed by atoms with Crippen molar-refractivity contribution in [2.24, 2.45) is 0 Å². The van der Waals surface area contributed by atoms with E-state index in [0.29, 0.717) is 18.3 Å². The van der Waals surface area contributed by atoms with E-state index in [1.807, 2.05) is 12.1 Å². The number of thiazole rings is 1. The standard InChI is InChI=1S/C15H14N4O2S/c1-2-3-9-8-17-14(20)19(9)15-18-13-11(22-15)5-4-10-12(13)16-6-7-21-10/h4-5,9,16H,6-8H2,1H3,(H,17,20). The number of aromatic nitrogens is 1. The monoisotopic (exact) mass is 314 g/mol. The van der Waals surface area contributed by atoms with Crippen molar-refractivity contribution in [1.29, 1.82) is 0 Å². The highest BCUT2D eigenvalue weighted by Crippen LogP contribution is 2.40. The van der Waals surface area contributed by atoms with Gasteiger partial charge in [-0.2, -0.15) is 0 Å². The summed E-state index contributed by atoms with van der Waals surface area (Å²) in [5.41, 5.74) is 1.75. The van der Waals surface area contributed by atoms with Crippen LogP contribution in [0.25, 0.3) is 10.2 Å². The second kappa shape index (κ2) is 5.07. The van der Waals surface area contributed by atoms with Gasteiger partial charge in [-0.3, -0.25) is 4.90 Å². The minimum absolute atomic E-state index is 0.148. The average molecular weight is 314 g/mol. The number of anilines is 2. The molecule has 1 fully saturated rings. The van der Waals surface area contributed by atoms with E-state index in [-0.39, 0.29) is 12.1 Å². The number of carbonyl (C=O) groups excluding carboxylic acids is 1. The van der Waals surface area contributed by atoms with Gasteiger partial charge in [0.1, 0.15) is 29.6 Å². The molecule has 3 heterocycles. The van der Waals surface area contributed by atoms with Crippen molar-refractivity contribution in [2.75, 3.05) is 29.9 Å². The molecule has 4 rings (SSSR count). The first kappa shape index (κ1) is 13.2. The molecular weight excluding hydrogens is 300 g/mol. The molecule has 2 amide bonds. The summed E-state index contributed by atoms with van der Waals surface area (Å²) < 4.78 is 6.66. The predicted molar refractivity (Wildman–Crippen MR) is 86.7 cm³/mol. The summed E-state index contributed by atoms with van der Waals surface area (Å²) in [7, 11) is 0. The maximum absolute atomic E-state index is 12.1. The molecule has 0 aliphatic carbocycles. The summed E-state index contributed by atoms with van der Waals surface area (Å²) in [5, 5.41) is 6.82. The first-order chi connectivity index (χ1) is 10.8. The van der Waals surface area contributed by atoms with Gasteiger partial charge in [-0.1, -0.05) is 17.3 Å². The molecule has 0 spiro atoms. The van der Waals surface area contributed by atoms with Crippen molar-refractivity contribution in [3.8, 4) is 17.6 Å². The third-order valence-corrected chi connectivity index (χ3v) is 4.69. The molecule has 0 bridgehead atoms. The lowest BCUT2D eigenvalue weighted by molar-refractivity contribution is 0.252. The number of nitrogens with one attached hydrogen (secondary N) is 2. The number of rotatable bonds is 1. The van der Waals surface area contributed by atoms with Gasteiger partial charge in [0.15, 0.2) is 5.13 Å². The molecule has 2 N–H and O–H groups in total. The summed E-state index contributed by atoms with van der Waals surface area (Å²) in [6.07, 6.45) is 0. The number of amides is 2. The number of benzene rings is 1. The third-order valence-electron chi connectivity index (χ3n) is 3.67. The van der Waals surface area contributed by atoms with Crippen molar-refractivity contribution in [1.82, 2.24) is 10.3 Å². The first-order valence-electron chi connectivity index (χ1n) is 7.07. The molecular formula is C15H14N4O2S. The molecule has 0 saturated carbocycles. The summed E-state index contributed by atoms with van der Waals surface area (Å²) in [6, 6.07) is 3.61. The highest BCUT2D eigenvalue weighted by Gasteiger charge is 2.33. The summed E-state index contributed by atoms with van der Waals surface area (Å²) in [5.74, 6) is 6.73. The van der Waals surface area contributed by atoms with Crippen molar-refractivity contribution in [3.05, 3.63) is 12.1 Å². The van der Waals surface area contributed by atoms with Gasteiger partial charge in [-0.05, 0) is 19.1 Å². The van der Waals surface area contributed by atoms with Crippen LogP contribution >= 0.6 is 11.3 Å². The van der Waals surface area contributed by atoms with Crippen molar-refractivity contribution in [2.45, 2.75) is 13.0 Å². The Labute approximate surface area is 131 Å². The van der Waals surface area contributed by atoms with Crippen LogP contribution in [0.15, 0.2) is 12.1 Å². The van der Waals surface area contributed by atoms with Crippen molar-refractivity contribution >= 4 is 38.4 Å². The fraction of sp³-hybridized carbons (Fsp3) is 0.333. The molecule has 112 valence electrons. The fourth-order valence-corrected chi connectivity index (χ4v) is 3.72. The van der Waals surface area contributed by atoms with E-state index in [1.54, 1.807) is 11.8 Å². The maximum Gasteiger partial charge on any atom is 0.324 e. The van der Waals surface area contributed by atoms with Gasteiger partial charge in [0.05, 0.1) is 11.2 Å². The largest absolute Gasteiger partial charge is 0.490 e. The second-order valence-corrected chi connectivity index (χ2v) is 6.03. The minimum atomic E-state index is -0.168.